The van der Waals surface area contributed by atoms with E-state index in [1.54, 1.807) is 0 Å². The minimum absolute atomic E-state index is 0.0905. The van der Waals surface area contributed by atoms with Gasteiger partial charge in [0.2, 0.25) is 11.8 Å². The van der Waals surface area contributed by atoms with Gasteiger partial charge in [-0.05, 0) is 18.6 Å². The Hall–Kier alpha value is -2.97. The highest BCUT2D eigenvalue weighted by molar-refractivity contribution is 5.85. The van der Waals surface area contributed by atoms with E-state index in [1.807, 2.05) is 0 Å². The van der Waals surface area contributed by atoms with E-state index in [1.165, 1.54) is 28.9 Å². The number of amides is 2. The number of imidazole rings is 1. The van der Waals surface area contributed by atoms with Gasteiger partial charge in [0, 0.05) is 18.8 Å². The van der Waals surface area contributed by atoms with Gasteiger partial charge in [-0.2, -0.15) is 0 Å². The van der Waals surface area contributed by atoms with Crippen LogP contribution in [-0.4, -0.2) is 38.3 Å². The van der Waals surface area contributed by atoms with Gasteiger partial charge in [-0.15, -0.1) is 0 Å². The third-order valence-corrected chi connectivity index (χ3v) is 3.12. The van der Waals surface area contributed by atoms with Crippen LogP contribution in [0.3, 0.4) is 0 Å². The molecule has 0 aliphatic carbocycles. The second kappa shape index (κ2) is 6.86. The molecule has 23 heavy (non-hydrogen) atoms. The lowest BCUT2D eigenvalue weighted by Gasteiger charge is -2.13. The van der Waals surface area contributed by atoms with Gasteiger partial charge in [0.05, 0.1) is 12.1 Å². The molecule has 122 valence electrons. The van der Waals surface area contributed by atoms with Crippen molar-refractivity contribution >= 4 is 23.4 Å². The van der Waals surface area contributed by atoms with Gasteiger partial charge in [0.25, 0.3) is 0 Å². The number of pyridine rings is 1. The number of carbonyl (C=O) groups is 3. The van der Waals surface area contributed by atoms with Gasteiger partial charge in [-0.1, -0.05) is 0 Å². The minimum Gasteiger partial charge on any atom is -0.480 e. The van der Waals surface area contributed by atoms with E-state index < -0.39 is 29.6 Å². The van der Waals surface area contributed by atoms with Crippen LogP contribution in [0.15, 0.2) is 24.5 Å². The first-order chi connectivity index (χ1) is 10.8. The average Bonchev–Trinajstić information content (AvgIpc) is 2.83. The Morgan fingerprint density at radius 1 is 1.35 bits per heavy atom. The lowest BCUT2D eigenvalue weighted by molar-refractivity contribution is -0.142. The number of carboxylic acid groups (broad SMARTS) is 1. The highest BCUT2D eigenvalue weighted by atomic mass is 19.1. The number of carboxylic acids is 1. The number of carbonyl (C=O) groups excluding carboxylic acids is 2. The number of fused-ring (bicyclic) bond motifs is 1. The van der Waals surface area contributed by atoms with Crippen molar-refractivity contribution in [3.05, 3.63) is 36.0 Å². The summed E-state index contributed by atoms with van der Waals surface area (Å²) in [6.07, 6.45) is 2.30. The number of rotatable bonds is 7. The molecule has 0 fully saturated rings. The Labute approximate surface area is 130 Å². The van der Waals surface area contributed by atoms with Gasteiger partial charge in [0.15, 0.2) is 0 Å². The molecule has 8 nitrogen and oxygen atoms in total. The summed E-state index contributed by atoms with van der Waals surface area (Å²) in [7, 11) is 0. The quantitative estimate of drug-likeness (QED) is 0.653. The van der Waals surface area contributed by atoms with Crippen molar-refractivity contribution in [2.75, 3.05) is 0 Å². The highest BCUT2D eigenvalue weighted by Crippen LogP contribution is 2.08. The van der Waals surface area contributed by atoms with E-state index in [0.29, 0.717) is 11.3 Å². The number of nitrogens with two attached hydrogens (primary N) is 1. The van der Waals surface area contributed by atoms with Crippen molar-refractivity contribution in [2.45, 2.75) is 25.3 Å². The summed E-state index contributed by atoms with van der Waals surface area (Å²) >= 11 is 0. The number of nitrogens with zero attached hydrogens (tertiary/aromatic N) is 2. The molecule has 1 unspecified atom stereocenters. The van der Waals surface area contributed by atoms with Crippen molar-refractivity contribution in [1.29, 1.82) is 0 Å². The Bertz CT molecular complexity index is 758. The molecule has 2 aromatic rings. The summed E-state index contributed by atoms with van der Waals surface area (Å²) in [5.41, 5.74) is 5.80. The first-order valence-corrected chi connectivity index (χ1v) is 6.79. The molecule has 0 aromatic carbocycles. The zero-order valence-corrected chi connectivity index (χ0v) is 12.0. The monoisotopic (exact) mass is 322 g/mol. The Balaban J connectivity index is 2.01. The van der Waals surface area contributed by atoms with Crippen LogP contribution in [0.1, 0.15) is 18.5 Å². The van der Waals surface area contributed by atoms with E-state index in [-0.39, 0.29) is 19.3 Å². The number of aromatic nitrogens is 2. The summed E-state index contributed by atoms with van der Waals surface area (Å²) in [4.78, 5) is 37.8. The molecule has 0 bridgehead atoms. The van der Waals surface area contributed by atoms with E-state index in [4.69, 9.17) is 10.8 Å². The molecular formula is C14H15FN4O4. The molecular weight excluding hydrogens is 307 g/mol. The van der Waals surface area contributed by atoms with Gasteiger partial charge in [-0.25, -0.2) is 14.2 Å². The Morgan fingerprint density at radius 2 is 2.09 bits per heavy atom. The molecule has 0 radical (unpaired) electrons. The normalized spacial score (nSPS) is 12.0. The largest absolute Gasteiger partial charge is 0.480 e. The zero-order chi connectivity index (χ0) is 17.0. The molecule has 1 atom stereocenters. The summed E-state index contributed by atoms with van der Waals surface area (Å²) < 4.78 is 14.5. The molecule has 0 saturated carbocycles. The summed E-state index contributed by atoms with van der Waals surface area (Å²) in [5, 5.41) is 11.3. The zero-order valence-electron chi connectivity index (χ0n) is 12.0. The molecule has 9 heteroatoms. The molecule has 0 saturated heterocycles. The highest BCUT2D eigenvalue weighted by Gasteiger charge is 2.21. The smallest absolute Gasteiger partial charge is 0.326 e. The number of aliphatic carboxylic acids is 1. The molecule has 2 heterocycles. The third kappa shape index (κ3) is 4.50. The lowest BCUT2D eigenvalue weighted by atomic mass is 10.1. The van der Waals surface area contributed by atoms with Gasteiger partial charge >= 0.3 is 5.97 Å². The van der Waals surface area contributed by atoms with Gasteiger partial charge in [0.1, 0.15) is 17.5 Å². The van der Waals surface area contributed by atoms with E-state index in [0.717, 1.165) is 0 Å². The Morgan fingerprint density at radius 3 is 2.74 bits per heavy atom. The molecule has 2 rings (SSSR count). The molecule has 4 N–H and O–H groups in total. The van der Waals surface area contributed by atoms with Crippen molar-refractivity contribution in [3.8, 4) is 0 Å². The molecule has 0 aliphatic heterocycles. The van der Waals surface area contributed by atoms with Crippen LogP contribution in [0.5, 0.6) is 0 Å². The maximum Gasteiger partial charge on any atom is 0.326 e. The lowest BCUT2D eigenvalue weighted by Crippen LogP contribution is -2.42. The van der Waals surface area contributed by atoms with Crippen molar-refractivity contribution < 1.29 is 23.9 Å². The Kier molecular flexibility index (Phi) is 4.89. The SMILES string of the molecule is NC(=O)CCC(NC(=O)Cc1cn2cc(F)ccc2n1)C(=O)O. The van der Waals surface area contributed by atoms with Crippen LogP contribution in [0.4, 0.5) is 4.39 Å². The fourth-order valence-electron chi connectivity index (χ4n) is 2.06. The van der Waals surface area contributed by atoms with Crippen LogP contribution in [0, 0.1) is 5.82 Å². The number of primary amides is 1. The van der Waals surface area contributed by atoms with E-state index in [9.17, 15) is 18.8 Å². The average molecular weight is 322 g/mol. The first kappa shape index (κ1) is 16.4. The van der Waals surface area contributed by atoms with Crippen LogP contribution in [-0.2, 0) is 20.8 Å². The van der Waals surface area contributed by atoms with E-state index in [2.05, 4.69) is 10.3 Å². The van der Waals surface area contributed by atoms with Gasteiger partial charge < -0.3 is 20.6 Å². The van der Waals surface area contributed by atoms with Crippen molar-refractivity contribution in [1.82, 2.24) is 14.7 Å². The predicted molar refractivity (Wildman–Crippen MR) is 76.8 cm³/mol. The molecule has 2 amide bonds. The first-order valence-electron chi connectivity index (χ1n) is 6.79. The number of hydrogen-bond acceptors (Lipinski definition) is 4. The predicted octanol–water partition coefficient (Wildman–Crippen LogP) is -0.149. The topological polar surface area (TPSA) is 127 Å². The number of nitrogens with one attached hydrogen (secondary N) is 1. The van der Waals surface area contributed by atoms with Crippen LogP contribution >= 0.6 is 0 Å². The van der Waals surface area contributed by atoms with E-state index >= 15 is 0 Å². The van der Waals surface area contributed by atoms with Crippen molar-refractivity contribution in [3.63, 3.8) is 0 Å². The molecule has 0 aliphatic rings. The minimum atomic E-state index is -1.25. The van der Waals surface area contributed by atoms with Gasteiger partial charge in [-0.3, -0.25) is 9.59 Å². The summed E-state index contributed by atoms with van der Waals surface area (Å²) in [6.45, 7) is 0. The van der Waals surface area contributed by atoms with Crippen molar-refractivity contribution in [2.24, 2.45) is 5.73 Å². The molecule has 0 spiro atoms. The fourth-order valence-corrected chi connectivity index (χ4v) is 2.06. The van der Waals surface area contributed by atoms with Crippen LogP contribution < -0.4 is 11.1 Å². The maximum atomic E-state index is 13.1. The number of hydrogen-bond donors (Lipinski definition) is 3. The summed E-state index contributed by atoms with van der Waals surface area (Å²) in [5.74, 6) is -2.90. The standard InChI is InChI=1S/C14H15FN4O4/c15-8-1-4-12-17-9(7-19(12)6-8)5-13(21)18-10(14(22)23)2-3-11(16)20/h1,4,6-7,10H,2-3,5H2,(H2,16,20)(H,18,21)(H,22,23). The summed E-state index contributed by atoms with van der Waals surface area (Å²) in [6, 6.07) is 1.50. The van der Waals surface area contributed by atoms with Crippen LogP contribution in [0.2, 0.25) is 0 Å². The molecule has 2 aromatic heterocycles. The second-order valence-electron chi connectivity index (χ2n) is 4.99. The second-order valence-corrected chi connectivity index (χ2v) is 4.99. The van der Waals surface area contributed by atoms with Crippen LogP contribution in [0.25, 0.3) is 5.65 Å². The third-order valence-electron chi connectivity index (χ3n) is 3.12. The maximum absolute atomic E-state index is 13.1. The number of halogens is 1. The fraction of sp³-hybridized carbons (Fsp3) is 0.286.